The van der Waals surface area contributed by atoms with Gasteiger partial charge in [0, 0.05) is 32.7 Å². The SMILES string of the molecule is CN(C)CCS(=O)(=O)NCCNc1cnc(OCC2CCN(C(=O)OC3(C)CC3)CC2)cn1. The van der Waals surface area contributed by atoms with Crippen molar-refractivity contribution in [2.75, 3.05) is 64.5 Å². The van der Waals surface area contributed by atoms with Crippen LogP contribution >= 0.6 is 0 Å². The van der Waals surface area contributed by atoms with Crippen LogP contribution in [-0.4, -0.2) is 99.1 Å². The summed E-state index contributed by atoms with van der Waals surface area (Å²) in [6.45, 7) is 4.99. The first kappa shape index (κ1) is 25.4. The number of hydrogen-bond acceptors (Lipinski definition) is 9. The van der Waals surface area contributed by atoms with E-state index in [-0.39, 0.29) is 24.0 Å². The number of nitrogens with zero attached hydrogens (tertiary/aromatic N) is 4. The number of rotatable bonds is 12. The van der Waals surface area contributed by atoms with E-state index in [1.54, 1.807) is 17.3 Å². The van der Waals surface area contributed by atoms with Crippen molar-refractivity contribution >= 4 is 21.9 Å². The molecule has 0 unspecified atom stereocenters. The summed E-state index contributed by atoms with van der Waals surface area (Å²) in [5.74, 6) is 1.40. The lowest BCUT2D eigenvalue weighted by atomic mass is 9.98. The fourth-order valence-corrected chi connectivity index (χ4v) is 4.46. The summed E-state index contributed by atoms with van der Waals surface area (Å²) in [7, 11) is 0.381. The van der Waals surface area contributed by atoms with E-state index >= 15 is 0 Å². The molecule has 1 saturated carbocycles. The fraction of sp³-hybridized carbons (Fsp3) is 0.762. The largest absolute Gasteiger partial charge is 0.476 e. The molecule has 3 rings (SSSR count). The van der Waals surface area contributed by atoms with E-state index < -0.39 is 10.0 Å². The summed E-state index contributed by atoms with van der Waals surface area (Å²) in [6.07, 6.45) is 6.54. The molecule has 0 radical (unpaired) electrons. The van der Waals surface area contributed by atoms with Gasteiger partial charge in [0.25, 0.3) is 0 Å². The van der Waals surface area contributed by atoms with Crippen LogP contribution in [-0.2, 0) is 14.8 Å². The molecule has 1 aromatic heterocycles. The molecule has 2 aliphatic rings. The molecule has 0 bridgehead atoms. The van der Waals surface area contributed by atoms with Gasteiger partial charge >= 0.3 is 6.09 Å². The summed E-state index contributed by atoms with van der Waals surface area (Å²) in [4.78, 5) is 24.3. The van der Waals surface area contributed by atoms with Crippen molar-refractivity contribution < 1.29 is 22.7 Å². The lowest BCUT2D eigenvalue weighted by Gasteiger charge is -2.31. The molecule has 1 aliphatic heterocycles. The molecule has 33 heavy (non-hydrogen) atoms. The van der Waals surface area contributed by atoms with Crippen molar-refractivity contribution in [1.29, 1.82) is 0 Å². The molecule has 1 aliphatic carbocycles. The number of sulfonamides is 1. The molecule has 0 spiro atoms. The molecule has 12 heteroatoms. The van der Waals surface area contributed by atoms with Crippen LogP contribution in [0.25, 0.3) is 0 Å². The second-order valence-corrected chi connectivity index (χ2v) is 11.2. The Bertz CT molecular complexity index is 868. The highest BCUT2D eigenvalue weighted by Crippen LogP contribution is 2.39. The maximum absolute atomic E-state index is 12.2. The summed E-state index contributed by atoms with van der Waals surface area (Å²) < 4.78 is 37.6. The smallest absolute Gasteiger partial charge is 0.410 e. The topological polar surface area (TPSA) is 126 Å². The standard InChI is InChI=1S/C21H36N6O5S/c1-21(6-7-21)32-20(28)27-10-4-17(5-11-27)16-31-19-15-23-18(14-24-19)22-8-9-25-33(29,30)13-12-26(2)3/h14-15,17,25H,4-13,16H2,1-3H3,(H,22,23). The monoisotopic (exact) mass is 484 g/mol. The second kappa shape index (κ2) is 11.3. The van der Waals surface area contributed by atoms with Crippen molar-refractivity contribution in [2.45, 2.75) is 38.2 Å². The van der Waals surface area contributed by atoms with E-state index in [0.717, 1.165) is 25.7 Å². The lowest BCUT2D eigenvalue weighted by molar-refractivity contribution is 0.0454. The van der Waals surface area contributed by atoms with Crippen LogP contribution in [0.1, 0.15) is 32.6 Å². The Morgan fingerprint density at radius 1 is 1.21 bits per heavy atom. The first-order valence-electron chi connectivity index (χ1n) is 11.4. The highest BCUT2D eigenvalue weighted by atomic mass is 32.2. The van der Waals surface area contributed by atoms with Crippen LogP contribution in [0, 0.1) is 5.92 Å². The summed E-state index contributed by atoms with van der Waals surface area (Å²) >= 11 is 0. The Labute approximate surface area is 196 Å². The van der Waals surface area contributed by atoms with Crippen LogP contribution < -0.4 is 14.8 Å². The van der Waals surface area contributed by atoms with E-state index in [2.05, 4.69) is 20.0 Å². The number of ether oxygens (including phenoxy) is 2. The van der Waals surface area contributed by atoms with Gasteiger partial charge in [-0.2, -0.15) is 0 Å². The van der Waals surface area contributed by atoms with Gasteiger partial charge in [-0.1, -0.05) is 0 Å². The number of aromatic nitrogens is 2. The summed E-state index contributed by atoms with van der Waals surface area (Å²) in [5.41, 5.74) is -0.239. The number of carbonyl (C=O) groups excluding carboxylic acids is 1. The van der Waals surface area contributed by atoms with E-state index in [4.69, 9.17) is 9.47 Å². The zero-order chi connectivity index (χ0) is 23.9. The van der Waals surface area contributed by atoms with Gasteiger partial charge in [-0.15, -0.1) is 0 Å². The van der Waals surface area contributed by atoms with Gasteiger partial charge in [0.2, 0.25) is 15.9 Å². The van der Waals surface area contributed by atoms with Crippen LogP contribution in [0.4, 0.5) is 10.6 Å². The normalized spacial score (nSPS) is 18.2. The minimum atomic E-state index is -3.29. The Balaban J connectivity index is 1.29. The summed E-state index contributed by atoms with van der Waals surface area (Å²) in [5, 5.41) is 3.03. The molecule has 11 nitrogen and oxygen atoms in total. The Hall–Kier alpha value is -2.18. The highest BCUT2D eigenvalue weighted by molar-refractivity contribution is 7.89. The highest BCUT2D eigenvalue weighted by Gasteiger charge is 2.43. The fourth-order valence-electron chi connectivity index (χ4n) is 3.29. The third kappa shape index (κ3) is 8.94. The van der Waals surface area contributed by atoms with Gasteiger partial charge in [0.15, 0.2) is 0 Å². The van der Waals surface area contributed by atoms with Crippen LogP contribution in [0.3, 0.4) is 0 Å². The van der Waals surface area contributed by atoms with Gasteiger partial charge in [-0.25, -0.2) is 27.9 Å². The molecule has 0 aromatic carbocycles. The molecule has 1 saturated heterocycles. The zero-order valence-corrected chi connectivity index (χ0v) is 20.6. The molecule has 1 amide bonds. The quantitative estimate of drug-likeness (QED) is 0.420. The molecule has 1 aromatic rings. The third-order valence-corrected chi connectivity index (χ3v) is 7.18. The van der Waals surface area contributed by atoms with Crippen LogP contribution in [0.5, 0.6) is 5.88 Å². The second-order valence-electron chi connectivity index (χ2n) is 9.24. The van der Waals surface area contributed by atoms with Gasteiger partial charge in [-0.3, -0.25) is 0 Å². The van der Waals surface area contributed by atoms with Crippen LogP contribution in [0.2, 0.25) is 0 Å². The number of likely N-dealkylation sites (tertiary alicyclic amines) is 1. The first-order valence-corrected chi connectivity index (χ1v) is 13.1. The molecular formula is C21H36N6O5S. The van der Waals surface area contributed by atoms with Crippen molar-refractivity contribution in [3.05, 3.63) is 12.4 Å². The van der Waals surface area contributed by atoms with Gasteiger partial charge in [0.05, 0.1) is 24.8 Å². The minimum Gasteiger partial charge on any atom is -0.476 e. The molecule has 2 heterocycles. The van der Waals surface area contributed by atoms with Crippen molar-refractivity contribution in [1.82, 2.24) is 24.5 Å². The first-order chi connectivity index (χ1) is 15.6. The van der Waals surface area contributed by atoms with E-state index in [1.165, 1.54) is 0 Å². The third-order valence-electron chi connectivity index (χ3n) is 5.82. The number of amides is 1. The average Bonchev–Trinajstić information content (AvgIpc) is 3.51. The predicted molar refractivity (Wildman–Crippen MR) is 125 cm³/mol. The van der Waals surface area contributed by atoms with E-state index in [9.17, 15) is 13.2 Å². The zero-order valence-electron chi connectivity index (χ0n) is 19.7. The Morgan fingerprint density at radius 2 is 1.94 bits per heavy atom. The number of anilines is 1. The van der Waals surface area contributed by atoms with Crippen LogP contribution in [0.15, 0.2) is 12.4 Å². The van der Waals surface area contributed by atoms with Crippen molar-refractivity contribution in [2.24, 2.45) is 5.92 Å². The van der Waals surface area contributed by atoms with Gasteiger partial charge in [0.1, 0.15) is 11.4 Å². The minimum absolute atomic E-state index is 0.0639. The maximum atomic E-state index is 12.2. The number of nitrogens with one attached hydrogen (secondary N) is 2. The van der Waals surface area contributed by atoms with E-state index in [0.29, 0.717) is 50.4 Å². The molecule has 186 valence electrons. The molecule has 2 fully saturated rings. The predicted octanol–water partition coefficient (Wildman–Crippen LogP) is 1.15. The Kier molecular flexibility index (Phi) is 8.71. The van der Waals surface area contributed by atoms with E-state index in [1.807, 2.05) is 25.9 Å². The van der Waals surface area contributed by atoms with Gasteiger partial charge < -0.3 is 24.6 Å². The van der Waals surface area contributed by atoms with Gasteiger partial charge in [-0.05, 0) is 52.6 Å². The number of carbonyl (C=O) groups is 1. The maximum Gasteiger partial charge on any atom is 0.410 e. The molecule has 0 atom stereocenters. The average molecular weight is 485 g/mol. The number of piperidine rings is 1. The van der Waals surface area contributed by atoms with Crippen molar-refractivity contribution in [3.63, 3.8) is 0 Å². The van der Waals surface area contributed by atoms with Crippen molar-refractivity contribution in [3.8, 4) is 5.88 Å². The molecule has 2 N–H and O–H groups in total. The lowest BCUT2D eigenvalue weighted by Crippen LogP contribution is -2.41. The molecular weight excluding hydrogens is 448 g/mol. The Morgan fingerprint density at radius 3 is 2.55 bits per heavy atom. The summed E-state index contributed by atoms with van der Waals surface area (Å²) in [6, 6.07) is 0. The number of hydrogen-bond donors (Lipinski definition) is 2.